The number of nitrogens with zero attached hydrogens (tertiary/aromatic N) is 2. The Labute approximate surface area is 134 Å². The van der Waals surface area contributed by atoms with Crippen molar-refractivity contribution in [2.24, 2.45) is 0 Å². The summed E-state index contributed by atoms with van der Waals surface area (Å²) in [6.45, 7) is 3.52. The second-order valence-electron chi connectivity index (χ2n) is 5.42. The van der Waals surface area contributed by atoms with Crippen LogP contribution in [0.3, 0.4) is 0 Å². The summed E-state index contributed by atoms with van der Waals surface area (Å²) in [4.78, 5) is 30.1. The fourth-order valence-electron chi connectivity index (χ4n) is 2.44. The maximum absolute atomic E-state index is 12.4. The number of rotatable bonds is 3. The van der Waals surface area contributed by atoms with E-state index in [9.17, 15) is 9.59 Å². The van der Waals surface area contributed by atoms with E-state index in [0.717, 1.165) is 5.56 Å². The molecule has 0 spiro atoms. The molecule has 0 aliphatic carbocycles. The Kier molecular flexibility index (Phi) is 3.97. The van der Waals surface area contributed by atoms with E-state index in [1.165, 1.54) is 4.90 Å². The standard InChI is InChI=1S/C17H17N3O3/c1-11-6-7-14-13(9-11)20(17(22)12(2)23-14)10-16(21)19-15-5-3-4-8-18-15/h3-9,12H,10H2,1-2H3,(H,18,19,21). The first-order valence-electron chi connectivity index (χ1n) is 7.34. The Hall–Kier alpha value is -2.89. The second-order valence-corrected chi connectivity index (χ2v) is 5.42. The van der Waals surface area contributed by atoms with Crippen LogP contribution in [0, 0.1) is 6.92 Å². The first-order valence-corrected chi connectivity index (χ1v) is 7.34. The van der Waals surface area contributed by atoms with Crippen molar-refractivity contribution in [2.75, 3.05) is 16.8 Å². The molecule has 1 unspecified atom stereocenters. The molecule has 0 saturated carbocycles. The zero-order chi connectivity index (χ0) is 16.4. The molecule has 2 amide bonds. The summed E-state index contributed by atoms with van der Waals surface area (Å²) < 4.78 is 5.59. The Balaban J connectivity index is 1.82. The van der Waals surface area contributed by atoms with Crippen molar-refractivity contribution in [3.05, 3.63) is 48.2 Å². The van der Waals surface area contributed by atoms with Crippen LogP contribution in [0.4, 0.5) is 11.5 Å². The molecule has 0 radical (unpaired) electrons. The van der Waals surface area contributed by atoms with Gasteiger partial charge in [0, 0.05) is 6.20 Å². The van der Waals surface area contributed by atoms with Gasteiger partial charge in [-0.1, -0.05) is 12.1 Å². The highest BCUT2D eigenvalue weighted by molar-refractivity contribution is 6.06. The Morgan fingerprint density at radius 2 is 2.17 bits per heavy atom. The molecule has 0 bridgehead atoms. The highest BCUT2D eigenvalue weighted by Crippen LogP contribution is 2.34. The molecule has 1 N–H and O–H groups in total. The lowest BCUT2D eigenvalue weighted by Gasteiger charge is -2.32. The van der Waals surface area contributed by atoms with Gasteiger partial charge in [-0.3, -0.25) is 14.5 Å². The molecule has 23 heavy (non-hydrogen) atoms. The first kappa shape index (κ1) is 15.0. The number of hydrogen-bond donors (Lipinski definition) is 1. The maximum Gasteiger partial charge on any atom is 0.268 e. The van der Waals surface area contributed by atoms with Gasteiger partial charge in [-0.2, -0.15) is 0 Å². The summed E-state index contributed by atoms with van der Waals surface area (Å²) in [5.41, 5.74) is 1.61. The number of ether oxygens (including phenoxy) is 1. The Morgan fingerprint density at radius 3 is 2.91 bits per heavy atom. The molecule has 1 aliphatic rings. The van der Waals surface area contributed by atoms with Crippen LogP contribution in [0.25, 0.3) is 0 Å². The van der Waals surface area contributed by atoms with Crippen LogP contribution in [0.2, 0.25) is 0 Å². The van der Waals surface area contributed by atoms with Crippen LogP contribution in [-0.4, -0.2) is 29.4 Å². The van der Waals surface area contributed by atoms with Gasteiger partial charge >= 0.3 is 0 Å². The number of nitrogens with one attached hydrogen (secondary N) is 1. The lowest BCUT2D eigenvalue weighted by Crippen LogP contribution is -2.47. The first-order chi connectivity index (χ1) is 11.0. The lowest BCUT2D eigenvalue weighted by molar-refractivity contribution is -0.127. The molecule has 1 aliphatic heterocycles. The van der Waals surface area contributed by atoms with Crippen molar-refractivity contribution in [3.63, 3.8) is 0 Å². The predicted octanol–water partition coefficient (Wildman–Crippen LogP) is 2.14. The van der Waals surface area contributed by atoms with Gasteiger partial charge in [0.25, 0.3) is 5.91 Å². The van der Waals surface area contributed by atoms with Gasteiger partial charge in [-0.05, 0) is 43.7 Å². The molecule has 118 valence electrons. The molecule has 6 heteroatoms. The molecule has 3 rings (SSSR count). The molecular weight excluding hydrogens is 294 g/mol. The number of anilines is 2. The van der Waals surface area contributed by atoms with Crippen LogP contribution in [-0.2, 0) is 9.59 Å². The van der Waals surface area contributed by atoms with Gasteiger partial charge in [-0.15, -0.1) is 0 Å². The van der Waals surface area contributed by atoms with E-state index in [-0.39, 0.29) is 18.4 Å². The number of aromatic nitrogens is 1. The normalized spacial score (nSPS) is 16.5. The highest BCUT2D eigenvalue weighted by Gasteiger charge is 2.32. The van der Waals surface area contributed by atoms with Gasteiger partial charge in [0.2, 0.25) is 5.91 Å². The van der Waals surface area contributed by atoms with E-state index in [1.807, 2.05) is 25.1 Å². The maximum atomic E-state index is 12.4. The third-order valence-electron chi connectivity index (χ3n) is 3.56. The van der Waals surface area contributed by atoms with Crippen molar-refractivity contribution in [2.45, 2.75) is 20.0 Å². The van der Waals surface area contributed by atoms with Crippen LogP contribution in [0.15, 0.2) is 42.6 Å². The number of carbonyl (C=O) groups excluding carboxylic acids is 2. The third kappa shape index (κ3) is 3.15. The largest absolute Gasteiger partial charge is 0.479 e. The molecule has 0 fully saturated rings. The van der Waals surface area contributed by atoms with Crippen molar-refractivity contribution >= 4 is 23.3 Å². The van der Waals surface area contributed by atoms with Gasteiger partial charge in [-0.25, -0.2) is 4.98 Å². The molecule has 2 aromatic rings. The number of aryl methyl sites for hydroxylation is 1. The number of carbonyl (C=O) groups is 2. The van der Waals surface area contributed by atoms with E-state index < -0.39 is 6.10 Å². The topological polar surface area (TPSA) is 71.5 Å². The molecule has 1 aromatic carbocycles. The predicted molar refractivity (Wildman–Crippen MR) is 86.5 cm³/mol. The average Bonchev–Trinajstić information content (AvgIpc) is 2.53. The summed E-state index contributed by atoms with van der Waals surface area (Å²) in [6, 6.07) is 10.8. The summed E-state index contributed by atoms with van der Waals surface area (Å²) in [5, 5.41) is 2.69. The van der Waals surface area contributed by atoms with Crippen molar-refractivity contribution < 1.29 is 14.3 Å². The number of fused-ring (bicyclic) bond motifs is 1. The number of benzene rings is 1. The molecule has 6 nitrogen and oxygen atoms in total. The minimum atomic E-state index is -0.618. The highest BCUT2D eigenvalue weighted by atomic mass is 16.5. The van der Waals surface area contributed by atoms with Crippen LogP contribution >= 0.6 is 0 Å². The minimum Gasteiger partial charge on any atom is -0.479 e. The summed E-state index contributed by atoms with van der Waals surface area (Å²) in [6.07, 6.45) is 0.976. The van der Waals surface area contributed by atoms with Crippen LogP contribution in [0.5, 0.6) is 5.75 Å². The van der Waals surface area contributed by atoms with Gasteiger partial charge in [0.1, 0.15) is 18.1 Å². The lowest BCUT2D eigenvalue weighted by atomic mass is 10.1. The average molecular weight is 311 g/mol. The van der Waals surface area contributed by atoms with Gasteiger partial charge in [0.15, 0.2) is 6.10 Å². The minimum absolute atomic E-state index is 0.0838. The third-order valence-corrected chi connectivity index (χ3v) is 3.56. The monoisotopic (exact) mass is 311 g/mol. The Morgan fingerprint density at radius 1 is 1.35 bits per heavy atom. The fraction of sp³-hybridized carbons (Fsp3) is 0.235. The smallest absolute Gasteiger partial charge is 0.268 e. The number of amides is 2. The molecular formula is C17H17N3O3. The van der Waals surface area contributed by atoms with E-state index in [0.29, 0.717) is 17.3 Å². The van der Waals surface area contributed by atoms with Crippen LogP contribution in [0.1, 0.15) is 12.5 Å². The van der Waals surface area contributed by atoms with E-state index >= 15 is 0 Å². The van der Waals surface area contributed by atoms with E-state index in [4.69, 9.17) is 4.74 Å². The fourth-order valence-corrected chi connectivity index (χ4v) is 2.44. The van der Waals surface area contributed by atoms with Gasteiger partial charge in [0.05, 0.1) is 5.69 Å². The second kappa shape index (κ2) is 6.08. The van der Waals surface area contributed by atoms with Gasteiger partial charge < -0.3 is 10.1 Å². The zero-order valence-electron chi connectivity index (χ0n) is 12.9. The molecule has 1 aromatic heterocycles. The summed E-state index contributed by atoms with van der Waals surface area (Å²) in [5.74, 6) is 0.516. The molecule has 2 heterocycles. The summed E-state index contributed by atoms with van der Waals surface area (Å²) in [7, 11) is 0. The van der Waals surface area contributed by atoms with E-state index in [1.54, 1.807) is 31.3 Å². The SMILES string of the molecule is Cc1ccc2c(c1)N(CC(=O)Nc1ccccn1)C(=O)C(C)O2. The van der Waals surface area contributed by atoms with E-state index in [2.05, 4.69) is 10.3 Å². The Bertz CT molecular complexity index is 746. The summed E-state index contributed by atoms with van der Waals surface area (Å²) >= 11 is 0. The quantitative estimate of drug-likeness (QED) is 0.942. The van der Waals surface area contributed by atoms with Crippen molar-refractivity contribution in [1.29, 1.82) is 0 Å². The number of pyridine rings is 1. The number of hydrogen-bond acceptors (Lipinski definition) is 4. The zero-order valence-corrected chi connectivity index (χ0v) is 12.9. The van der Waals surface area contributed by atoms with Crippen LogP contribution < -0.4 is 15.0 Å². The molecule has 1 atom stereocenters. The molecule has 0 saturated heterocycles. The van der Waals surface area contributed by atoms with Crippen molar-refractivity contribution in [3.8, 4) is 5.75 Å². The van der Waals surface area contributed by atoms with Crippen molar-refractivity contribution in [1.82, 2.24) is 4.98 Å².